The van der Waals surface area contributed by atoms with Gasteiger partial charge in [-0.2, -0.15) is 0 Å². The van der Waals surface area contributed by atoms with Gasteiger partial charge >= 0.3 is 0 Å². The van der Waals surface area contributed by atoms with Crippen LogP contribution < -0.4 is 11.1 Å². The topological polar surface area (TPSA) is 55.1 Å². The second kappa shape index (κ2) is 6.35. The lowest BCUT2D eigenvalue weighted by Crippen LogP contribution is -2.44. The van der Waals surface area contributed by atoms with Crippen molar-refractivity contribution in [1.29, 1.82) is 0 Å². The highest BCUT2D eigenvalue weighted by Crippen LogP contribution is 2.07. The molecule has 0 radical (unpaired) electrons. The number of carbonyl (C=O) groups is 1. The smallest absolute Gasteiger partial charge is 0.251 e. The summed E-state index contributed by atoms with van der Waals surface area (Å²) in [6.45, 7) is 4.14. The lowest BCUT2D eigenvalue weighted by atomic mass is 10.0. The normalized spacial score (nSPS) is 12.2. The molecule has 0 aromatic heterocycles. The predicted molar refractivity (Wildman–Crippen MR) is 73.9 cm³/mol. The largest absolute Gasteiger partial charge is 0.392 e. The molecule has 92 valence electrons. The van der Waals surface area contributed by atoms with E-state index in [1.165, 1.54) is 0 Å². The van der Waals surface area contributed by atoms with E-state index < -0.39 is 0 Å². The highest BCUT2D eigenvalue weighted by atomic mass is 32.1. The number of rotatable bonds is 5. The number of amides is 1. The molecule has 1 atom stereocenters. The van der Waals surface area contributed by atoms with Crippen LogP contribution in [0, 0.1) is 5.92 Å². The Morgan fingerprint density at radius 2 is 1.94 bits per heavy atom. The number of hydrogen-bond donors (Lipinski definition) is 2. The molecule has 0 saturated carbocycles. The highest BCUT2D eigenvalue weighted by Gasteiger charge is 2.17. The summed E-state index contributed by atoms with van der Waals surface area (Å²) < 4.78 is 0. The molecule has 0 bridgehead atoms. The van der Waals surface area contributed by atoms with Crippen molar-refractivity contribution >= 4 is 23.1 Å². The fourth-order valence-corrected chi connectivity index (χ4v) is 1.70. The SMILES string of the molecule is CC(C)CC(NC(=O)c1ccccc1)C(N)=S. The van der Waals surface area contributed by atoms with Gasteiger partial charge in [0.2, 0.25) is 0 Å². The van der Waals surface area contributed by atoms with Crippen LogP contribution >= 0.6 is 12.2 Å². The summed E-state index contributed by atoms with van der Waals surface area (Å²) in [4.78, 5) is 12.3. The van der Waals surface area contributed by atoms with Gasteiger partial charge in [-0.05, 0) is 24.5 Å². The summed E-state index contributed by atoms with van der Waals surface area (Å²) in [5.74, 6) is 0.293. The fraction of sp³-hybridized carbons (Fsp3) is 0.385. The van der Waals surface area contributed by atoms with Gasteiger partial charge in [0.25, 0.3) is 5.91 Å². The average molecular weight is 250 g/mol. The van der Waals surface area contributed by atoms with Crippen LogP contribution in [0.4, 0.5) is 0 Å². The fourth-order valence-electron chi connectivity index (χ4n) is 1.55. The molecule has 17 heavy (non-hydrogen) atoms. The second-order valence-electron chi connectivity index (χ2n) is 4.42. The van der Waals surface area contributed by atoms with Gasteiger partial charge in [0.1, 0.15) is 0 Å². The van der Waals surface area contributed by atoms with Gasteiger partial charge in [0, 0.05) is 5.56 Å². The maximum atomic E-state index is 11.9. The van der Waals surface area contributed by atoms with E-state index in [2.05, 4.69) is 19.2 Å². The van der Waals surface area contributed by atoms with Crippen molar-refractivity contribution in [1.82, 2.24) is 5.32 Å². The highest BCUT2D eigenvalue weighted by molar-refractivity contribution is 7.80. The van der Waals surface area contributed by atoms with Gasteiger partial charge in [0.05, 0.1) is 11.0 Å². The Labute approximate surface area is 107 Å². The first kappa shape index (κ1) is 13.6. The summed E-state index contributed by atoms with van der Waals surface area (Å²) in [7, 11) is 0. The first-order chi connectivity index (χ1) is 8.00. The van der Waals surface area contributed by atoms with Gasteiger partial charge in [-0.1, -0.05) is 44.3 Å². The molecule has 1 aromatic rings. The summed E-state index contributed by atoms with van der Waals surface area (Å²) in [6, 6.07) is 8.82. The Kier molecular flexibility index (Phi) is 5.10. The Morgan fingerprint density at radius 3 is 2.41 bits per heavy atom. The molecule has 1 unspecified atom stereocenters. The van der Waals surface area contributed by atoms with Crippen molar-refractivity contribution in [3.8, 4) is 0 Å². The quantitative estimate of drug-likeness (QED) is 0.787. The molecule has 0 saturated heterocycles. The summed E-state index contributed by atoms with van der Waals surface area (Å²) in [5, 5.41) is 2.86. The standard InChI is InChI=1S/C13H18N2OS/c1-9(2)8-11(12(14)17)15-13(16)10-6-4-3-5-7-10/h3-7,9,11H,8H2,1-2H3,(H2,14,17)(H,15,16). The van der Waals surface area contributed by atoms with Crippen molar-refractivity contribution in [2.45, 2.75) is 26.3 Å². The van der Waals surface area contributed by atoms with Gasteiger partial charge in [0.15, 0.2) is 0 Å². The molecule has 3 N–H and O–H groups in total. The van der Waals surface area contributed by atoms with Crippen molar-refractivity contribution in [3.63, 3.8) is 0 Å². The van der Waals surface area contributed by atoms with Crippen LogP contribution in [-0.4, -0.2) is 16.9 Å². The van der Waals surface area contributed by atoms with E-state index in [1.54, 1.807) is 12.1 Å². The molecule has 0 heterocycles. The number of hydrogen-bond acceptors (Lipinski definition) is 2. The van der Waals surface area contributed by atoms with Crippen LogP contribution in [0.3, 0.4) is 0 Å². The van der Waals surface area contributed by atoms with E-state index in [0.29, 0.717) is 16.5 Å². The Hall–Kier alpha value is -1.42. The third-order valence-corrected chi connectivity index (χ3v) is 2.68. The average Bonchev–Trinajstić information content (AvgIpc) is 2.28. The van der Waals surface area contributed by atoms with Crippen molar-refractivity contribution in [3.05, 3.63) is 35.9 Å². The zero-order valence-corrected chi connectivity index (χ0v) is 11.0. The van der Waals surface area contributed by atoms with Gasteiger partial charge in [-0.3, -0.25) is 4.79 Å². The van der Waals surface area contributed by atoms with Crippen molar-refractivity contribution < 1.29 is 4.79 Å². The first-order valence-electron chi connectivity index (χ1n) is 5.66. The molecule has 1 aromatic carbocycles. The molecule has 0 spiro atoms. The lowest BCUT2D eigenvalue weighted by Gasteiger charge is -2.19. The van der Waals surface area contributed by atoms with Crippen LogP contribution in [-0.2, 0) is 0 Å². The molecule has 4 heteroatoms. The van der Waals surface area contributed by atoms with E-state index >= 15 is 0 Å². The predicted octanol–water partition coefficient (Wildman–Crippen LogP) is 2.12. The monoisotopic (exact) mass is 250 g/mol. The van der Waals surface area contributed by atoms with Crippen molar-refractivity contribution in [2.75, 3.05) is 0 Å². The number of nitrogens with two attached hydrogens (primary N) is 1. The van der Waals surface area contributed by atoms with Gasteiger partial charge in [-0.15, -0.1) is 0 Å². The number of nitrogens with one attached hydrogen (secondary N) is 1. The molecule has 0 aliphatic heterocycles. The number of benzene rings is 1. The number of carbonyl (C=O) groups excluding carboxylic acids is 1. The maximum Gasteiger partial charge on any atom is 0.251 e. The Bertz CT molecular complexity index is 390. The van der Waals surface area contributed by atoms with E-state index in [0.717, 1.165) is 6.42 Å². The van der Waals surface area contributed by atoms with Gasteiger partial charge < -0.3 is 11.1 Å². The van der Waals surface area contributed by atoms with Crippen LogP contribution in [0.1, 0.15) is 30.6 Å². The third kappa shape index (κ3) is 4.53. The molecular formula is C13H18N2OS. The molecule has 3 nitrogen and oxygen atoms in total. The minimum atomic E-state index is -0.238. The van der Waals surface area contributed by atoms with Crippen LogP contribution in [0.25, 0.3) is 0 Å². The molecule has 1 rings (SSSR count). The maximum absolute atomic E-state index is 11.9. The lowest BCUT2D eigenvalue weighted by molar-refractivity contribution is 0.0944. The molecule has 1 amide bonds. The van der Waals surface area contributed by atoms with E-state index in [4.69, 9.17) is 18.0 Å². The molecule has 0 aliphatic carbocycles. The Morgan fingerprint density at radius 1 is 1.35 bits per heavy atom. The van der Waals surface area contributed by atoms with Crippen LogP contribution in [0.5, 0.6) is 0 Å². The summed E-state index contributed by atoms with van der Waals surface area (Å²) >= 11 is 4.97. The first-order valence-corrected chi connectivity index (χ1v) is 6.06. The van der Waals surface area contributed by atoms with Crippen LogP contribution in [0.15, 0.2) is 30.3 Å². The molecule has 0 aliphatic rings. The van der Waals surface area contributed by atoms with Gasteiger partial charge in [-0.25, -0.2) is 0 Å². The molecular weight excluding hydrogens is 232 g/mol. The third-order valence-electron chi connectivity index (χ3n) is 2.39. The van der Waals surface area contributed by atoms with E-state index in [-0.39, 0.29) is 11.9 Å². The summed E-state index contributed by atoms with van der Waals surface area (Å²) in [5.41, 5.74) is 6.25. The zero-order chi connectivity index (χ0) is 12.8. The summed E-state index contributed by atoms with van der Waals surface area (Å²) in [6.07, 6.45) is 0.758. The molecule has 0 fully saturated rings. The Balaban J connectivity index is 2.68. The minimum Gasteiger partial charge on any atom is -0.392 e. The van der Waals surface area contributed by atoms with E-state index in [1.807, 2.05) is 18.2 Å². The minimum absolute atomic E-state index is 0.135. The second-order valence-corrected chi connectivity index (χ2v) is 4.90. The van der Waals surface area contributed by atoms with Crippen LogP contribution in [0.2, 0.25) is 0 Å². The van der Waals surface area contributed by atoms with E-state index in [9.17, 15) is 4.79 Å². The number of thiocarbonyl (C=S) groups is 1. The van der Waals surface area contributed by atoms with Crippen molar-refractivity contribution in [2.24, 2.45) is 11.7 Å². The zero-order valence-electron chi connectivity index (χ0n) is 10.1.